The summed E-state index contributed by atoms with van der Waals surface area (Å²) in [7, 11) is 0. The summed E-state index contributed by atoms with van der Waals surface area (Å²) in [6.45, 7) is 2.91. The average molecular weight is 373 g/mol. The van der Waals surface area contributed by atoms with E-state index in [4.69, 9.17) is 4.74 Å². The molecule has 3 rings (SSSR count). The number of aryl methyl sites for hydroxylation is 1. The molecule has 0 bridgehead atoms. The maximum atomic E-state index is 12.0. The fraction of sp³-hybridized carbons (Fsp3) is 0.550. The number of rotatable bonds is 5. The number of carbonyl (C=O) groups is 3. The molecule has 1 aliphatic carbocycles. The van der Waals surface area contributed by atoms with E-state index >= 15 is 0 Å². The second-order valence-corrected chi connectivity index (χ2v) is 7.30. The van der Waals surface area contributed by atoms with Gasteiger partial charge in [0.2, 0.25) is 5.91 Å². The number of ether oxygens (including phenoxy) is 1. The number of amides is 3. The van der Waals surface area contributed by atoms with Crippen LogP contribution >= 0.6 is 0 Å². The van der Waals surface area contributed by atoms with Crippen molar-refractivity contribution in [1.29, 1.82) is 0 Å². The SMILES string of the molecule is C[C@H]1CCCC[C@H]1OCCNC(=O)C(=O)Nc1ccc2c(c1)CCC(=O)N2. The van der Waals surface area contributed by atoms with Crippen LogP contribution in [-0.4, -0.2) is 37.0 Å². The third-order valence-electron chi connectivity index (χ3n) is 5.22. The van der Waals surface area contributed by atoms with Crippen LogP contribution in [0.25, 0.3) is 0 Å². The highest BCUT2D eigenvalue weighted by Crippen LogP contribution is 2.26. The molecule has 3 N–H and O–H groups in total. The minimum Gasteiger partial charge on any atom is -0.376 e. The number of hydrogen-bond donors (Lipinski definition) is 3. The van der Waals surface area contributed by atoms with Crippen molar-refractivity contribution in [2.24, 2.45) is 5.92 Å². The summed E-state index contributed by atoms with van der Waals surface area (Å²) >= 11 is 0. The molecule has 0 aromatic heterocycles. The maximum Gasteiger partial charge on any atom is 0.313 e. The van der Waals surface area contributed by atoms with Gasteiger partial charge >= 0.3 is 11.8 Å². The zero-order valence-electron chi connectivity index (χ0n) is 15.7. The predicted molar refractivity (Wildman–Crippen MR) is 102 cm³/mol. The summed E-state index contributed by atoms with van der Waals surface area (Å²) in [5, 5.41) is 7.97. The first-order valence-electron chi connectivity index (χ1n) is 9.66. The topological polar surface area (TPSA) is 96.5 Å². The second kappa shape index (κ2) is 8.99. The largest absolute Gasteiger partial charge is 0.376 e. The van der Waals surface area contributed by atoms with Crippen LogP contribution in [0.3, 0.4) is 0 Å². The lowest BCUT2D eigenvalue weighted by molar-refractivity contribution is -0.136. The molecular weight excluding hydrogens is 346 g/mol. The molecule has 27 heavy (non-hydrogen) atoms. The van der Waals surface area contributed by atoms with Crippen molar-refractivity contribution in [1.82, 2.24) is 5.32 Å². The molecular formula is C20H27N3O4. The number of nitrogens with one attached hydrogen (secondary N) is 3. The Labute approximate surface area is 159 Å². The third kappa shape index (κ3) is 5.29. The second-order valence-electron chi connectivity index (χ2n) is 7.30. The minimum atomic E-state index is -0.708. The monoisotopic (exact) mass is 373 g/mol. The first-order valence-corrected chi connectivity index (χ1v) is 9.66. The van der Waals surface area contributed by atoms with Gasteiger partial charge in [0, 0.05) is 24.3 Å². The molecule has 1 aromatic carbocycles. The molecule has 0 unspecified atom stereocenters. The first kappa shape index (κ1) is 19.4. The summed E-state index contributed by atoms with van der Waals surface area (Å²) in [4.78, 5) is 35.4. The lowest BCUT2D eigenvalue weighted by Crippen LogP contribution is -2.38. The number of benzene rings is 1. The summed E-state index contributed by atoms with van der Waals surface area (Å²) < 4.78 is 5.83. The Morgan fingerprint density at radius 1 is 1.19 bits per heavy atom. The van der Waals surface area contributed by atoms with Gasteiger partial charge in [-0.15, -0.1) is 0 Å². The molecule has 1 aliphatic heterocycles. The molecule has 0 saturated heterocycles. The summed E-state index contributed by atoms with van der Waals surface area (Å²) in [6, 6.07) is 5.19. The van der Waals surface area contributed by atoms with Gasteiger partial charge in [0.1, 0.15) is 0 Å². The van der Waals surface area contributed by atoms with Gasteiger partial charge < -0.3 is 20.7 Å². The van der Waals surface area contributed by atoms with Gasteiger partial charge in [0.05, 0.1) is 12.7 Å². The Hall–Kier alpha value is -2.41. The number of carbonyl (C=O) groups excluding carboxylic acids is 3. The Balaban J connectivity index is 1.41. The van der Waals surface area contributed by atoms with Crippen molar-refractivity contribution in [2.45, 2.75) is 51.6 Å². The van der Waals surface area contributed by atoms with Crippen molar-refractivity contribution in [3.05, 3.63) is 23.8 Å². The molecule has 1 aromatic rings. The smallest absolute Gasteiger partial charge is 0.313 e. The molecule has 7 nitrogen and oxygen atoms in total. The van der Waals surface area contributed by atoms with E-state index in [2.05, 4.69) is 22.9 Å². The molecule has 0 radical (unpaired) electrons. The van der Waals surface area contributed by atoms with E-state index in [9.17, 15) is 14.4 Å². The van der Waals surface area contributed by atoms with Crippen LogP contribution in [0.2, 0.25) is 0 Å². The number of anilines is 2. The van der Waals surface area contributed by atoms with Gasteiger partial charge in [-0.05, 0) is 48.9 Å². The molecule has 1 fully saturated rings. The van der Waals surface area contributed by atoms with Crippen molar-refractivity contribution >= 4 is 29.1 Å². The van der Waals surface area contributed by atoms with Crippen LogP contribution < -0.4 is 16.0 Å². The van der Waals surface area contributed by atoms with E-state index in [1.54, 1.807) is 18.2 Å². The standard InChI is InChI=1S/C20H27N3O4/c1-13-4-2-3-5-17(13)27-11-10-21-19(25)20(26)22-15-7-8-16-14(12-15)6-9-18(24)23-16/h7-8,12-13,17H,2-6,9-11H2,1H3,(H,21,25)(H,22,26)(H,23,24)/t13-,17+/m0/s1. The van der Waals surface area contributed by atoms with Crippen LogP contribution in [0.15, 0.2) is 18.2 Å². The van der Waals surface area contributed by atoms with Crippen molar-refractivity contribution < 1.29 is 19.1 Å². The number of fused-ring (bicyclic) bond motifs is 1. The third-order valence-corrected chi connectivity index (χ3v) is 5.22. The molecule has 2 atom stereocenters. The van der Waals surface area contributed by atoms with Gasteiger partial charge in [0.15, 0.2) is 0 Å². The van der Waals surface area contributed by atoms with E-state index in [-0.39, 0.29) is 12.0 Å². The fourth-order valence-electron chi connectivity index (χ4n) is 3.63. The molecule has 146 valence electrons. The predicted octanol–water partition coefficient (Wildman–Crippen LogP) is 2.22. The lowest BCUT2D eigenvalue weighted by atomic mass is 9.88. The molecule has 3 amide bonds. The van der Waals surface area contributed by atoms with E-state index < -0.39 is 11.8 Å². The zero-order chi connectivity index (χ0) is 19.2. The highest BCUT2D eigenvalue weighted by atomic mass is 16.5. The van der Waals surface area contributed by atoms with Gasteiger partial charge in [-0.2, -0.15) is 0 Å². The average Bonchev–Trinajstić information content (AvgIpc) is 2.66. The Morgan fingerprint density at radius 2 is 2.00 bits per heavy atom. The van der Waals surface area contributed by atoms with E-state index in [0.29, 0.717) is 37.6 Å². The van der Waals surface area contributed by atoms with Gasteiger partial charge in [-0.3, -0.25) is 14.4 Å². The van der Waals surface area contributed by atoms with Crippen LogP contribution in [0, 0.1) is 5.92 Å². The van der Waals surface area contributed by atoms with E-state index in [1.165, 1.54) is 19.3 Å². The van der Waals surface area contributed by atoms with E-state index in [1.807, 2.05) is 0 Å². The minimum absolute atomic E-state index is 0.0106. The zero-order valence-corrected chi connectivity index (χ0v) is 15.7. The van der Waals surface area contributed by atoms with Crippen molar-refractivity contribution in [2.75, 3.05) is 23.8 Å². The number of hydrogen-bond acceptors (Lipinski definition) is 4. The molecule has 1 saturated carbocycles. The van der Waals surface area contributed by atoms with Gasteiger partial charge in [-0.25, -0.2) is 0 Å². The lowest BCUT2D eigenvalue weighted by Gasteiger charge is -2.28. The summed E-state index contributed by atoms with van der Waals surface area (Å²) in [5.41, 5.74) is 2.24. The van der Waals surface area contributed by atoms with Crippen LogP contribution in [0.5, 0.6) is 0 Å². The fourth-order valence-corrected chi connectivity index (χ4v) is 3.63. The molecule has 0 spiro atoms. The van der Waals surface area contributed by atoms with Gasteiger partial charge in [-0.1, -0.05) is 19.8 Å². The van der Waals surface area contributed by atoms with Crippen LogP contribution in [0.4, 0.5) is 11.4 Å². The van der Waals surface area contributed by atoms with Crippen LogP contribution in [0.1, 0.15) is 44.6 Å². The maximum absolute atomic E-state index is 12.0. The molecule has 2 aliphatic rings. The highest BCUT2D eigenvalue weighted by Gasteiger charge is 2.22. The highest BCUT2D eigenvalue weighted by molar-refractivity contribution is 6.39. The van der Waals surface area contributed by atoms with Gasteiger partial charge in [0.25, 0.3) is 0 Å². The summed E-state index contributed by atoms with van der Waals surface area (Å²) in [6.07, 6.45) is 5.98. The van der Waals surface area contributed by atoms with Crippen LogP contribution in [-0.2, 0) is 25.5 Å². The molecule has 1 heterocycles. The van der Waals surface area contributed by atoms with Crippen molar-refractivity contribution in [3.8, 4) is 0 Å². The first-order chi connectivity index (χ1) is 13.0. The Bertz CT molecular complexity index is 719. The normalized spacial score (nSPS) is 21.7. The molecule has 7 heteroatoms. The Morgan fingerprint density at radius 3 is 2.81 bits per heavy atom. The quantitative estimate of drug-likeness (QED) is 0.545. The Kier molecular flexibility index (Phi) is 6.45. The van der Waals surface area contributed by atoms with E-state index in [0.717, 1.165) is 17.7 Å². The van der Waals surface area contributed by atoms with Crippen molar-refractivity contribution in [3.63, 3.8) is 0 Å². The summed E-state index contributed by atoms with van der Waals surface area (Å²) in [5.74, 6) is -0.850.